The molecule has 0 fully saturated rings. The molecule has 0 aliphatic rings. The number of anilines is 1. The lowest BCUT2D eigenvalue weighted by Gasteiger charge is -2.18. The largest absolute Gasteiger partial charge is 0.315 e. The molecular weight excluding hydrogens is 266 g/mol. The van der Waals surface area contributed by atoms with Crippen molar-refractivity contribution in [3.8, 4) is 0 Å². The molecule has 0 unspecified atom stereocenters. The van der Waals surface area contributed by atoms with Gasteiger partial charge in [-0.2, -0.15) is 0 Å². The summed E-state index contributed by atoms with van der Waals surface area (Å²) in [5, 5.41) is 0. The summed E-state index contributed by atoms with van der Waals surface area (Å²) in [5.74, 6) is 0.0851. The lowest BCUT2D eigenvalue weighted by molar-refractivity contribution is -0.117. The van der Waals surface area contributed by atoms with Crippen molar-refractivity contribution in [2.24, 2.45) is 0 Å². The van der Waals surface area contributed by atoms with Crippen LogP contribution in [0.15, 0.2) is 47.4 Å². The van der Waals surface area contributed by atoms with Crippen LogP contribution in [0.5, 0.6) is 0 Å². The minimum Gasteiger partial charge on any atom is -0.315 e. The van der Waals surface area contributed by atoms with Crippen molar-refractivity contribution in [1.29, 1.82) is 0 Å². The molecule has 0 bridgehead atoms. The van der Waals surface area contributed by atoms with Crippen molar-refractivity contribution in [3.05, 3.63) is 59.2 Å². The molecule has 2 aromatic rings. The highest BCUT2D eigenvalue weighted by Crippen LogP contribution is 2.19. The molecule has 0 saturated heterocycles. The van der Waals surface area contributed by atoms with Gasteiger partial charge in [0.1, 0.15) is 0 Å². The fourth-order valence-corrected chi connectivity index (χ4v) is 2.34. The zero-order valence-electron chi connectivity index (χ0n) is 12.1. The average Bonchev–Trinajstić information content (AvgIpc) is 2.39. The molecule has 104 valence electrons. The van der Waals surface area contributed by atoms with Crippen molar-refractivity contribution in [2.75, 3.05) is 11.9 Å². The number of likely N-dealkylation sites (N-methyl/N-ethyl adjacent to an activating group) is 1. The maximum Gasteiger partial charge on any atom is 0.231 e. The van der Waals surface area contributed by atoms with Crippen LogP contribution in [0.1, 0.15) is 16.7 Å². The summed E-state index contributed by atoms with van der Waals surface area (Å²) in [5.41, 5.74) is 4.28. The van der Waals surface area contributed by atoms with E-state index in [0.717, 1.165) is 16.1 Å². The van der Waals surface area contributed by atoms with Gasteiger partial charge in [0.25, 0.3) is 0 Å². The van der Waals surface area contributed by atoms with E-state index < -0.39 is 0 Å². The minimum atomic E-state index is 0.0851. The van der Waals surface area contributed by atoms with E-state index in [0.29, 0.717) is 6.42 Å². The van der Waals surface area contributed by atoms with E-state index in [1.807, 2.05) is 57.3 Å². The second kappa shape index (κ2) is 6.14. The first-order valence-electron chi connectivity index (χ1n) is 6.58. The Balaban J connectivity index is 2.14. The van der Waals surface area contributed by atoms with Crippen LogP contribution in [0.2, 0.25) is 0 Å². The Hall–Kier alpha value is -1.74. The fourth-order valence-electron chi connectivity index (χ4n) is 2.20. The van der Waals surface area contributed by atoms with Gasteiger partial charge in [0.05, 0.1) is 6.42 Å². The molecule has 0 aliphatic carbocycles. The highest BCUT2D eigenvalue weighted by atomic mass is 32.1. The number of thiol groups is 1. The molecule has 0 aliphatic heterocycles. The smallest absolute Gasteiger partial charge is 0.231 e. The van der Waals surface area contributed by atoms with Crippen LogP contribution in [0.25, 0.3) is 0 Å². The van der Waals surface area contributed by atoms with Gasteiger partial charge in [0.2, 0.25) is 5.91 Å². The van der Waals surface area contributed by atoms with Crippen molar-refractivity contribution in [2.45, 2.75) is 25.2 Å². The summed E-state index contributed by atoms with van der Waals surface area (Å²) in [6.07, 6.45) is 0.400. The van der Waals surface area contributed by atoms with Gasteiger partial charge < -0.3 is 4.90 Å². The maximum absolute atomic E-state index is 12.3. The molecule has 2 nitrogen and oxygen atoms in total. The lowest BCUT2D eigenvalue weighted by atomic mass is 10.1. The van der Waals surface area contributed by atoms with E-state index in [4.69, 9.17) is 0 Å². The zero-order valence-corrected chi connectivity index (χ0v) is 12.9. The van der Waals surface area contributed by atoms with Crippen LogP contribution in [0.4, 0.5) is 5.69 Å². The highest BCUT2D eigenvalue weighted by molar-refractivity contribution is 7.80. The zero-order chi connectivity index (χ0) is 14.7. The molecule has 0 aromatic heterocycles. The van der Waals surface area contributed by atoms with Gasteiger partial charge in [-0.25, -0.2) is 0 Å². The van der Waals surface area contributed by atoms with Gasteiger partial charge in [-0.05, 0) is 54.8 Å². The number of carbonyl (C=O) groups excluding carboxylic acids is 1. The van der Waals surface area contributed by atoms with E-state index in [2.05, 4.69) is 18.7 Å². The minimum absolute atomic E-state index is 0.0851. The van der Waals surface area contributed by atoms with Crippen molar-refractivity contribution >= 4 is 24.2 Å². The topological polar surface area (TPSA) is 20.3 Å². The van der Waals surface area contributed by atoms with Gasteiger partial charge in [0.15, 0.2) is 0 Å². The van der Waals surface area contributed by atoms with Crippen LogP contribution in [-0.4, -0.2) is 13.0 Å². The molecular formula is C17H19NOS. The molecule has 0 radical (unpaired) electrons. The third kappa shape index (κ3) is 3.64. The quantitative estimate of drug-likeness (QED) is 0.851. The molecule has 3 heteroatoms. The fraction of sp³-hybridized carbons (Fsp3) is 0.235. The molecule has 1 amide bonds. The van der Waals surface area contributed by atoms with Crippen LogP contribution in [-0.2, 0) is 11.2 Å². The van der Waals surface area contributed by atoms with E-state index in [1.165, 1.54) is 11.1 Å². The third-order valence-electron chi connectivity index (χ3n) is 3.26. The Morgan fingerprint density at radius 2 is 1.60 bits per heavy atom. The Morgan fingerprint density at radius 3 is 2.15 bits per heavy atom. The van der Waals surface area contributed by atoms with Gasteiger partial charge in [0, 0.05) is 17.6 Å². The first kappa shape index (κ1) is 14.7. The predicted molar refractivity (Wildman–Crippen MR) is 86.7 cm³/mol. The summed E-state index contributed by atoms with van der Waals surface area (Å²) in [4.78, 5) is 15.0. The number of benzene rings is 2. The normalized spacial score (nSPS) is 10.4. The molecule has 2 aromatic carbocycles. The Bertz CT molecular complexity index is 599. The van der Waals surface area contributed by atoms with Gasteiger partial charge in [-0.1, -0.05) is 18.2 Å². The average molecular weight is 285 g/mol. The van der Waals surface area contributed by atoms with Crippen molar-refractivity contribution < 1.29 is 4.79 Å². The first-order valence-corrected chi connectivity index (χ1v) is 7.03. The third-order valence-corrected chi connectivity index (χ3v) is 3.56. The van der Waals surface area contributed by atoms with Crippen molar-refractivity contribution in [1.82, 2.24) is 0 Å². The molecule has 0 saturated carbocycles. The maximum atomic E-state index is 12.3. The molecule has 0 N–H and O–H groups in total. The van der Waals surface area contributed by atoms with Crippen LogP contribution < -0.4 is 4.90 Å². The van der Waals surface area contributed by atoms with E-state index >= 15 is 0 Å². The van der Waals surface area contributed by atoms with Gasteiger partial charge >= 0.3 is 0 Å². The summed E-state index contributed by atoms with van der Waals surface area (Å²) < 4.78 is 0. The number of aryl methyl sites for hydroxylation is 2. The SMILES string of the molecule is Cc1cc(C)cc(N(C)C(=O)Cc2ccc(S)cc2)c1. The lowest BCUT2D eigenvalue weighted by Crippen LogP contribution is -2.27. The summed E-state index contributed by atoms with van der Waals surface area (Å²) in [7, 11) is 1.82. The number of hydrogen-bond donors (Lipinski definition) is 1. The number of amides is 1. The Kier molecular flexibility index (Phi) is 4.50. The summed E-state index contributed by atoms with van der Waals surface area (Å²) in [6.45, 7) is 4.08. The van der Waals surface area contributed by atoms with Crippen LogP contribution >= 0.6 is 12.6 Å². The molecule has 0 spiro atoms. The predicted octanol–water partition coefficient (Wildman–Crippen LogP) is 3.80. The second-order valence-electron chi connectivity index (χ2n) is 5.14. The Labute approximate surface area is 125 Å². The number of carbonyl (C=O) groups is 1. The summed E-state index contributed by atoms with van der Waals surface area (Å²) >= 11 is 4.25. The number of rotatable bonds is 3. The first-order chi connectivity index (χ1) is 9.45. The monoisotopic (exact) mass is 285 g/mol. The van der Waals surface area contributed by atoms with E-state index in [9.17, 15) is 4.79 Å². The van der Waals surface area contributed by atoms with Crippen LogP contribution in [0, 0.1) is 13.8 Å². The van der Waals surface area contributed by atoms with E-state index in [-0.39, 0.29) is 5.91 Å². The molecule has 2 rings (SSSR count). The molecule has 20 heavy (non-hydrogen) atoms. The summed E-state index contributed by atoms with van der Waals surface area (Å²) in [6, 6.07) is 13.9. The second-order valence-corrected chi connectivity index (χ2v) is 5.66. The Morgan fingerprint density at radius 1 is 1.05 bits per heavy atom. The molecule has 0 atom stereocenters. The van der Waals surface area contributed by atoms with Gasteiger partial charge in [-0.15, -0.1) is 12.6 Å². The number of hydrogen-bond acceptors (Lipinski definition) is 2. The van der Waals surface area contributed by atoms with Crippen LogP contribution in [0.3, 0.4) is 0 Å². The number of nitrogens with zero attached hydrogens (tertiary/aromatic N) is 1. The highest BCUT2D eigenvalue weighted by Gasteiger charge is 2.12. The van der Waals surface area contributed by atoms with E-state index in [1.54, 1.807) is 4.90 Å². The molecule has 0 heterocycles. The van der Waals surface area contributed by atoms with Gasteiger partial charge in [-0.3, -0.25) is 4.79 Å². The standard InChI is InChI=1S/C17H19NOS/c1-12-8-13(2)10-15(9-12)18(3)17(19)11-14-4-6-16(20)7-5-14/h4-10,20H,11H2,1-3H3. The van der Waals surface area contributed by atoms with Crippen molar-refractivity contribution in [3.63, 3.8) is 0 Å².